The number of carbonyl (C=O) groups is 1. The number of hydrogen-bond donors (Lipinski definition) is 0. The quantitative estimate of drug-likeness (QED) is 0.287. The second-order valence-corrected chi connectivity index (χ2v) is 6.39. The van der Waals surface area contributed by atoms with E-state index in [-0.39, 0.29) is 18.8 Å². The van der Waals surface area contributed by atoms with Crippen LogP contribution in [0.2, 0.25) is 0 Å². The lowest BCUT2D eigenvalue weighted by Gasteiger charge is -2.09. The number of aryl methyl sites for hydroxylation is 2. The molecule has 2 aromatic rings. The van der Waals surface area contributed by atoms with E-state index in [1.165, 1.54) is 0 Å². The molecule has 1 aromatic carbocycles. The number of carbonyl (C=O) groups excluding carboxylic acids is 1. The van der Waals surface area contributed by atoms with Gasteiger partial charge in [-0.05, 0) is 50.1 Å². The number of para-hydroxylation sites is 1. The second kappa shape index (κ2) is 10.3. The van der Waals surface area contributed by atoms with Gasteiger partial charge < -0.3 is 18.8 Å². The van der Waals surface area contributed by atoms with Crippen molar-refractivity contribution in [3.63, 3.8) is 0 Å². The van der Waals surface area contributed by atoms with E-state index < -0.39 is 5.97 Å². The van der Waals surface area contributed by atoms with E-state index in [9.17, 15) is 10.1 Å². The number of rotatable bonds is 9. The van der Waals surface area contributed by atoms with Crippen molar-refractivity contribution in [3.8, 4) is 11.8 Å². The van der Waals surface area contributed by atoms with Crippen LogP contribution in [0.4, 0.5) is 0 Å². The van der Waals surface area contributed by atoms with Crippen molar-refractivity contribution in [1.82, 2.24) is 4.57 Å². The van der Waals surface area contributed by atoms with E-state index in [0.717, 1.165) is 28.3 Å². The first-order valence-electron chi connectivity index (χ1n) is 9.11. The summed E-state index contributed by atoms with van der Waals surface area (Å²) in [5.41, 5.74) is 3.80. The third-order valence-corrected chi connectivity index (χ3v) is 4.44. The van der Waals surface area contributed by atoms with Crippen LogP contribution in [0.15, 0.2) is 35.9 Å². The van der Waals surface area contributed by atoms with Crippen LogP contribution in [-0.4, -0.2) is 37.5 Å². The number of esters is 1. The Hall–Kier alpha value is -3.04. The Balaban J connectivity index is 1.98. The Morgan fingerprint density at radius 1 is 1.18 bits per heavy atom. The number of nitrogens with zero attached hydrogens (tertiary/aromatic N) is 2. The summed E-state index contributed by atoms with van der Waals surface area (Å²) in [4.78, 5) is 12.2. The molecule has 0 saturated carbocycles. The zero-order valence-electron chi connectivity index (χ0n) is 16.8. The van der Waals surface area contributed by atoms with Crippen molar-refractivity contribution in [2.75, 3.05) is 26.9 Å². The molecule has 0 aliphatic heterocycles. The lowest BCUT2D eigenvalue weighted by Crippen LogP contribution is -2.13. The number of benzene rings is 1. The maximum Gasteiger partial charge on any atom is 0.349 e. The van der Waals surface area contributed by atoms with Gasteiger partial charge in [-0.15, -0.1) is 0 Å². The fraction of sp³-hybridized carbons (Fsp3) is 0.364. The third kappa shape index (κ3) is 5.48. The van der Waals surface area contributed by atoms with E-state index in [1.807, 2.05) is 57.2 Å². The summed E-state index contributed by atoms with van der Waals surface area (Å²) in [6.07, 6.45) is 1.57. The Bertz CT molecular complexity index is 890. The van der Waals surface area contributed by atoms with E-state index in [1.54, 1.807) is 13.2 Å². The summed E-state index contributed by atoms with van der Waals surface area (Å²) in [6, 6.07) is 11.5. The highest BCUT2D eigenvalue weighted by atomic mass is 16.6. The highest BCUT2D eigenvalue weighted by molar-refractivity contribution is 5.98. The van der Waals surface area contributed by atoms with Gasteiger partial charge in [-0.3, -0.25) is 0 Å². The van der Waals surface area contributed by atoms with Gasteiger partial charge in [0, 0.05) is 25.0 Å². The molecule has 0 fully saturated rings. The molecule has 0 saturated heterocycles. The van der Waals surface area contributed by atoms with Crippen LogP contribution in [0.1, 0.15) is 22.5 Å². The summed E-state index contributed by atoms with van der Waals surface area (Å²) in [5, 5.41) is 9.36. The predicted molar refractivity (Wildman–Crippen MR) is 107 cm³/mol. The zero-order valence-corrected chi connectivity index (χ0v) is 16.8. The van der Waals surface area contributed by atoms with Crippen LogP contribution in [0.25, 0.3) is 6.08 Å². The van der Waals surface area contributed by atoms with E-state index in [0.29, 0.717) is 13.2 Å². The first-order chi connectivity index (χ1) is 13.5. The number of nitriles is 1. The minimum Gasteiger partial charge on any atom is -0.490 e. The summed E-state index contributed by atoms with van der Waals surface area (Å²) in [6.45, 7) is 7.47. The maximum atomic E-state index is 12.2. The lowest BCUT2D eigenvalue weighted by atomic mass is 10.1. The molecular formula is C22H26N2O4. The zero-order chi connectivity index (χ0) is 20.5. The van der Waals surface area contributed by atoms with Crippen molar-refractivity contribution in [3.05, 3.63) is 58.4 Å². The van der Waals surface area contributed by atoms with Gasteiger partial charge in [0.25, 0.3) is 0 Å². The molecule has 6 nitrogen and oxygen atoms in total. The standard InChI is InChI=1S/C22H26N2O4/c1-16-7-5-6-8-21(16)27-11-12-28-22(25)20(15-23)14-19-13-17(2)24(18(19)3)9-10-26-4/h5-8,13-14H,9-12H2,1-4H3/b20-14+. The van der Waals surface area contributed by atoms with Gasteiger partial charge in [-0.1, -0.05) is 18.2 Å². The smallest absolute Gasteiger partial charge is 0.349 e. The molecule has 148 valence electrons. The predicted octanol–water partition coefficient (Wildman–Crippen LogP) is 3.59. The molecule has 0 aliphatic rings. The van der Waals surface area contributed by atoms with Crippen molar-refractivity contribution in [1.29, 1.82) is 5.26 Å². The van der Waals surface area contributed by atoms with Crippen LogP contribution in [-0.2, 0) is 20.8 Å². The molecule has 0 N–H and O–H groups in total. The Labute approximate surface area is 165 Å². The van der Waals surface area contributed by atoms with Gasteiger partial charge in [0.15, 0.2) is 0 Å². The normalized spacial score (nSPS) is 11.2. The molecule has 0 spiro atoms. The largest absolute Gasteiger partial charge is 0.490 e. The summed E-state index contributed by atoms with van der Waals surface area (Å²) in [5.74, 6) is 0.0932. The Morgan fingerprint density at radius 2 is 1.93 bits per heavy atom. The number of ether oxygens (including phenoxy) is 3. The Kier molecular flexibility index (Phi) is 7.85. The van der Waals surface area contributed by atoms with Crippen LogP contribution >= 0.6 is 0 Å². The molecule has 6 heteroatoms. The Morgan fingerprint density at radius 3 is 2.61 bits per heavy atom. The molecule has 28 heavy (non-hydrogen) atoms. The van der Waals surface area contributed by atoms with Crippen LogP contribution < -0.4 is 4.74 Å². The second-order valence-electron chi connectivity index (χ2n) is 6.39. The molecule has 0 amide bonds. The van der Waals surface area contributed by atoms with Gasteiger partial charge >= 0.3 is 5.97 Å². The molecule has 0 bridgehead atoms. The number of aromatic nitrogens is 1. The maximum absolute atomic E-state index is 12.2. The van der Waals surface area contributed by atoms with E-state index in [4.69, 9.17) is 14.2 Å². The average Bonchev–Trinajstić information content (AvgIpc) is 2.95. The highest BCUT2D eigenvalue weighted by Crippen LogP contribution is 2.19. The fourth-order valence-electron chi connectivity index (χ4n) is 2.87. The molecule has 1 heterocycles. The molecule has 0 unspecified atom stereocenters. The van der Waals surface area contributed by atoms with Crippen molar-refractivity contribution >= 4 is 12.0 Å². The average molecular weight is 382 g/mol. The van der Waals surface area contributed by atoms with Gasteiger partial charge in [-0.25, -0.2) is 4.79 Å². The lowest BCUT2D eigenvalue weighted by molar-refractivity contribution is -0.139. The first kappa shape index (κ1) is 21.3. The molecule has 1 aromatic heterocycles. The molecule has 0 atom stereocenters. The number of hydrogen-bond acceptors (Lipinski definition) is 5. The van der Waals surface area contributed by atoms with Gasteiger partial charge in [0.05, 0.1) is 6.61 Å². The molecule has 2 rings (SSSR count). The van der Waals surface area contributed by atoms with Gasteiger partial charge in [0.1, 0.15) is 30.6 Å². The van der Waals surface area contributed by atoms with Crippen molar-refractivity contribution in [2.45, 2.75) is 27.3 Å². The summed E-state index contributed by atoms with van der Waals surface area (Å²) < 4.78 is 18.0. The minimum absolute atomic E-state index is 0.0390. The third-order valence-electron chi connectivity index (χ3n) is 4.44. The SMILES string of the molecule is COCCn1c(C)cc(/C=C(\C#N)C(=O)OCCOc2ccccc2C)c1C. The van der Waals surface area contributed by atoms with Crippen LogP contribution in [0, 0.1) is 32.1 Å². The summed E-state index contributed by atoms with van der Waals surface area (Å²) in [7, 11) is 1.65. The highest BCUT2D eigenvalue weighted by Gasteiger charge is 2.14. The first-order valence-corrected chi connectivity index (χ1v) is 9.11. The molecule has 0 aliphatic carbocycles. The van der Waals surface area contributed by atoms with Crippen LogP contribution in [0.3, 0.4) is 0 Å². The monoisotopic (exact) mass is 382 g/mol. The minimum atomic E-state index is -0.655. The fourth-order valence-corrected chi connectivity index (χ4v) is 2.87. The van der Waals surface area contributed by atoms with Crippen molar-refractivity contribution in [2.24, 2.45) is 0 Å². The number of methoxy groups -OCH3 is 1. The molecular weight excluding hydrogens is 356 g/mol. The molecule has 0 radical (unpaired) electrons. The van der Waals surface area contributed by atoms with Gasteiger partial charge in [0.2, 0.25) is 0 Å². The topological polar surface area (TPSA) is 73.5 Å². The van der Waals surface area contributed by atoms with Gasteiger partial charge in [-0.2, -0.15) is 5.26 Å². The van der Waals surface area contributed by atoms with Crippen molar-refractivity contribution < 1.29 is 19.0 Å². The van der Waals surface area contributed by atoms with Crippen LogP contribution in [0.5, 0.6) is 5.75 Å². The van der Waals surface area contributed by atoms with E-state index >= 15 is 0 Å². The van der Waals surface area contributed by atoms with E-state index in [2.05, 4.69) is 4.57 Å². The summed E-state index contributed by atoms with van der Waals surface area (Å²) >= 11 is 0.